The number of para-hydroxylation sites is 1. The van der Waals surface area contributed by atoms with E-state index in [-0.39, 0.29) is 17.9 Å². The van der Waals surface area contributed by atoms with Crippen molar-refractivity contribution in [1.82, 2.24) is 5.16 Å². The van der Waals surface area contributed by atoms with Gasteiger partial charge in [0.05, 0.1) is 7.11 Å². The average molecular weight is 290 g/mol. The third kappa shape index (κ3) is 3.82. The van der Waals surface area contributed by atoms with Crippen LogP contribution in [0.15, 0.2) is 34.9 Å². The molecule has 7 heteroatoms. The van der Waals surface area contributed by atoms with E-state index in [0.29, 0.717) is 11.6 Å². The second kappa shape index (κ2) is 6.56. The Morgan fingerprint density at radius 1 is 1.33 bits per heavy atom. The first-order valence-corrected chi connectivity index (χ1v) is 6.13. The number of nitrogens with zero attached hydrogens (tertiary/aromatic N) is 1. The highest BCUT2D eigenvalue weighted by molar-refractivity contribution is 5.93. The van der Waals surface area contributed by atoms with E-state index in [1.165, 1.54) is 7.11 Å². The van der Waals surface area contributed by atoms with Gasteiger partial charge in [0.15, 0.2) is 12.4 Å². The molecule has 1 aromatic heterocycles. The summed E-state index contributed by atoms with van der Waals surface area (Å²) in [5.41, 5.74) is 0.255. The molecule has 1 heterocycles. The second-order valence-corrected chi connectivity index (χ2v) is 4.15. The molecule has 21 heavy (non-hydrogen) atoms. The summed E-state index contributed by atoms with van der Waals surface area (Å²) in [6.07, 6.45) is 0. The summed E-state index contributed by atoms with van der Waals surface area (Å²) in [5.74, 6) is 0.224. The van der Waals surface area contributed by atoms with Gasteiger partial charge in [0, 0.05) is 6.07 Å². The first-order chi connectivity index (χ1) is 10.1. The highest BCUT2D eigenvalue weighted by Crippen LogP contribution is 2.18. The number of amides is 1. The fourth-order valence-corrected chi connectivity index (χ4v) is 1.62. The summed E-state index contributed by atoms with van der Waals surface area (Å²) in [5, 5.41) is 6.14. The van der Waals surface area contributed by atoms with Gasteiger partial charge in [-0.3, -0.25) is 4.79 Å². The molecular weight excluding hydrogens is 276 g/mol. The Morgan fingerprint density at radius 2 is 2.10 bits per heavy atom. The van der Waals surface area contributed by atoms with Gasteiger partial charge in [-0.05, 0) is 19.1 Å². The van der Waals surface area contributed by atoms with Crippen molar-refractivity contribution in [2.45, 2.75) is 6.92 Å². The highest BCUT2D eigenvalue weighted by Gasteiger charge is 2.14. The van der Waals surface area contributed by atoms with Gasteiger partial charge >= 0.3 is 5.97 Å². The molecule has 0 saturated carbocycles. The predicted octanol–water partition coefficient (Wildman–Crippen LogP) is 1.79. The minimum absolute atomic E-state index is 0.255. The lowest BCUT2D eigenvalue weighted by molar-refractivity contribution is -0.118. The number of methoxy groups -OCH3 is 1. The van der Waals surface area contributed by atoms with Crippen LogP contribution < -0.4 is 10.1 Å². The second-order valence-electron chi connectivity index (χ2n) is 4.15. The van der Waals surface area contributed by atoms with Crippen molar-refractivity contribution >= 4 is 17.7 Å². The lowest BCUT2D eigenvalue weighted by Crippen LogP contribution is -2.21. The molecule has 110 valence electrons. The largest absolute Gasteiger partial charge is 0.483 e. The van der Waals surface area contributed by atoms with Gasteiger partial charge in [-0.1, -0.05) is 17.3 Å². The van der Waals surface area contributed by atoms with Crippen molar-refractivity contribution in [3.8, 4) is 5.75 Å². The average Bonchev–Trinajstić information content (AvgIpc) is 2.89. The molecule has 1 N–H and O–H groups in total. The Bertz CT molecular complexity index is 650. The topological polar surface area (TPSA) is 90.7 Å². The Labute approximate surface area is 120 Å². The lowest BCUT2D eigenvalue weighted by Gasteiger charge is -2.09. The Morgan fingerprint density at radius 3 is 2.76 bits per heavy atom. The lowest BCUT2D eigenvalue weighted by atomic mass is 10.2. The molecular formula is C14H14N2O5. The molecule has 1 aromatic carbocycles. The summed E-state index contributed by atoms with van der Waals surface area (Å²) >= 11 is 0. The number of carbonyl (C=O) groups excluding carboxylic acids is 2. The minimum atomic E-state index is -0.530. The van der Waals surface area contributed by atoms with Crippen molar-refractivity contribution in [2.75, 3.05) is 19.0 Å². The molecule has 7 nitrogen and oxygen atoms in total. The standard InChI is InChI=1S/C14H14N2O5/c1-9-7-12(16-21-9)15-13(17)8-20-11-6-4-3-5-10(11)14(18)19-2/h3-7H,8H2,1-2H3,(H,15,16,17). The van der Waals surface area contributed by atoms with E-state index in [2.05, 4.69) is 15.2 Å². The maximum Gasteiger partial charge on any atom is 0.341 e. The van der Waals surface area contributed by atoms with Gasteiger partial charge in [-0.25, -0.2) is 4.79 Å². The summed E-state index contributed by atoms with van der Waals surface area (Å²) in [6.45, 7) is 1.45. The molecule has 0 aliphatic carbocycles. The van der Waals surface area contributed by atoms with Crippen LogP contribution in [0.5, 0.6) is 5.75 Å². The zero-order valence-corrected chi connectivity index (χ0v) is 11.6. The van der Waals surface area contributed by atoms with Gasteiger partial charge in [0.2, 0.25) is 0 Å². The maximum absolute atomic E-state index is 11.7. The fourth-order valence-electron chi connectivity index (χ4n) is 1.62. The van der Waals surface area contributed by atoms with Gasteiger partial charge < -0.3 is 19.3 Å². The van der Waals surface area contributed by atoms with E-state index in [4.69, 9.17) is 9.26 Å². The Hall–Kier alpha value is -2.83. The van der Waals surface area contributed by atoms with Crippen LogP contribution in [0.2, 0.25) is 0 Å². The molecule has 0 saturated heterocycles. The van der Waals surface area contributed by atoms with E-state index in [0.717, 1.165) is 0 Å². The van der Waals surface area contributed by atoms with Gasteiger partial charge in [0.1, 0.15) is 17.1 Å². The number of benzene rings is 1. The van der Waals surface area contributed by atoms with Crippen LogP contribution in [0.1, 0.15) is 16.1 Å². The third-order valence-corrected chi connectivity index (χ3v) is 2.55. The molecule has 0 fully saturated rings. The van der Waals surface area contributed by atoms with Crippen LogP contribution >= 0.6 is 0 Å². The molecule has 0 radical (unpaired) electrons. The molecule has 0 spiro atoms. The molecule has 0 atom stereocenters. The van der Waals surface area contributed by atoms with Gasteiger partial charge in [-0.2, -0.15) is 0 Å². The predicted molar refractivity (Wildman–Crippen MR) is 73.1 cm³/mol. The van der Waals surface area contributed by atoms with Crippen molar-refractivity contribution in [3.05, 3.63) is 41.7 Å². The molecule has 0 aliphatic rings. The van der Waals surface area contributed by atoms with Crippen LogP contribution in [0.3, 0.4) is 0 Å². The first kappa shape index (κ1) is 14.6. The minimum Gasteiger partial charge on any atom is -0.483 e. The van der Waals surface area contributed by atoms with Gasteiger partial charge in [-0.15, -0.1) is 0 Å². The molecule has 0 aliphatic heterocycles. The van der Waals surface area contributed by atoms with Crippen LogP contribution in [0.25, 0.3) is 0 Å². The first-order valence-electron chi connectivity index (χ1n) is 6.13. The number of aromatic nitrogens is 1. The number of rotatable bonds is 5. The number of anilines is 1. The van der Waals surface area contributed by atoms with E-state index in [1.807, 2.05) is 0 Å². The number of hydrogen-bond donors (Lipinski definition) is 1. The highest BCUT2D eigenvalue weighted by atomic mass is 16.5. The Balaban J connectivity index is 1.96. The summed E-state index contributed by atoms with van der Waals surface area (Å²) in [7, 11) is 1.28. The van der Waals surface area contributed by atoms with E-state index in [9.17, 15) is 9.59 Å². The normalized spacial score (nSPS) is 10.0. The summed E-state index contributed by atoms with van der Waals surface area (Å²) in [4.78, 5) is 23.3. The maximum atomic E-state index is 11.7. The number of nitrogens with one attached hydrogen (secondary N) is 1. The number of esters is 1. The number of carbonyl (C=O) groups is 2. The van der Waals surface area contributed by atoms with Crippen molar-refractivity contribution in [3.63, 3.8) is 0 Å². The zero-order chi connectivity index (χ0) is 15.2. The molecule has 0 bridgehead atoms. The quantitative estimate of drug-likeness (QED) is 0.844. The van der Waals surface area contributed by atoms with E-state index in [1.54, 1.807) is 37.3 Å². The number of hydrogen-bond acceptors (Lipinski definition) is 6. The summed E-state index contributed by atoms with van der Waals surface area (Å²) in [6, 6.07) is 8.10. The number of aryl methyl sites for hydroxylation is 1. The molecule has 1 amide bonds. The van der Waals surface area contributed by atoms with E-state index < -0.39 is 11.9 Å². The molecule has 2 aromatic rings. The smallest absolute Gasteiger partial charge is 0.341 e. The summed E-state index contributed by atoms with van der Waals surface area (Å²) < 4.78 is 14.8. The van der Waals surface area contributed by atoms with Crippen molar-refractivity contribution in [2.24, 2.45) is 0 Å². The van der Waals surface area contributed by atoms with Crippen LogP contribution in [0, 0.1) is 6.92 Å². The monoisotopic (exact) mass is 290 g/mol. The zero-order valence-electron chi connectivity index (χ0n) is 11.6. The molecule has 2 rings (SSSR count). The van der Waals surface area contributed by atoms with Crippen LogP contribution in [-0.4, -0.2) is 30.7 Å². The van der Waals surface area contributed by atoms with Crippen LogP contribution in [0.4, 0.5) is 5.82 Å². The van der Waals surface area contributed by atoms with Crippen molar-refractivity contribution < 1.29 is 23.6 Å². The van der Waals surface area contributed by atoms with Crippen LogP contribution in [-0.2, 0) is 9.53 Å². The number of ether oxygens (including phenoxy) is 2. The SMILES string of the molecule is COC(=O)c1ccccc1OCC(=O)Nc1cc(C)on1. The third-order valence-electron chi connectivity index (χ3n) is 2.55. The molecule has 0 unspecified atom stereocenters. The van der Waals surface area contributed by atoms with E-state index >= 15 is 0 Å². The Kier molecular flexibility index (Phi) is 4.55. The fraction of sp³-hybridized carbons (Fsp3) is 0.214. The van der Waals surface area contributed by atoms with Crippen molar-refractivity contribution in [1.29, 1.82) is 0 Å². The van der Waals surface area contributed by atoms with Gasteiger partial charge in [0.25, 0.3) is 5.91 Å².